The first-order valence-electron chi connectivity index (χ1n) is 8.66. The van der Waals surface area contributed by atoms with Gasteiger partial charge in [-0.3, -0.25) is 9.69 Å². The summed E-state index contributed by atoms with van der Waals surface area (Å²) >= 11 is 8.40. The van der Waals surface area contributed by atoms with Crippen molar-refractivity contribution >= 4 is 45.8 Å². The third-order valence-electron chi connectivity index (χ3n) is 4.77. The standard InChI is InChI=1S/C20H21ClFIN2O/c1-13-10-15(23)7-8-19(13)24-20(26)14-4-3-9-25(11-14)12-16-17(21)5-2-6-18(16)22/h2,5-8,10,14H,3-4,9,11-12H2,1H3,(H,24,26). The number of carbonyl (C=O) groups is 1. The van der Waals surface area contributed by atoms with Crippen LogP contribution in [-0.2, 0) is 11.3 Å². The first kappa shape index (κ1) is 19.6. The zero-order chi connectivity index (χ0) is 18.7. The maximum Gasteiger partial charge on any atom is 0.228 e. The summed E-state index contributed by atoms with van der Waals surface area (Å²) in [5.41, 5.74) is 2.41. The van der Waals surface area contributed by atoms with Gasteiger partial charge in [-0.05, 0) is 84.8 Å². The number of benzene rings is 2. The highest BCUT2D eigenvalue weighted by Gasteiger charge is 2.27. The molecule has 1 atom stereocenters. The Labute approximate surface area is 172 Å². The predicted molar refractivity (Wildman–Crippen MR) is 112 cm³/mol. The van der Waals surface area contributed by atoms with E-state index in [1.807, 2.05) is 25.1 Å². The monoisotopic (exact) mass is 486 g/mol. The average molecular weight is 487 g/mol. The summed E-state index contributed by atoms with van der Waals surface area (Å²) < 4.78 is 15.2. The quantitative estimate of drug-likeness (QED) is 0.599. The summed E-state index contributed by atoms with van der Waals surface area (Å²) in [6.07, 6.45) is 1.76. The molecule has 1 aliphatic rings. The lowest BCUT2D eigenvalue weighted by molar-refractivity contribution is -0.121. The molecule has 0 saturated carbocycles. The van der Waals surface area contributed by atoms with Crippen LogP contribution in [0.2, 0.25) is 5.02 Å². The van der Waals surface area contributed by atoms with Gasteiger partial charge in [0.25, 0.3) is 0 Å². The number of nitrogens with one attached hydrogen (secondary N) is 1. The Morgan fingerprint density at radius 3 is 2.92 bits per heavy atom. The van der Waals surface area contributed by atoms with Gasteiger partial charge in [-0.2, -0.15) is 0 Å². The molecule has 1 unspecified atom stereocenters. The highest BCUT2D eigenvalue weighted by atomic mass is 127. The van der Waals surface area contributed by atoms with E-state index in [-0.39, 0.29) is 17.6 Å². The van der Waals surface area contributed by atoms with Crippen molar-refractivity contribution in [3.8, 4) is 0 Å². The van der Waals surface area contributed by atoms with Gasteiger partial charge in [0.15, 0.2) is 0 Å². The molecular weight excluding hydrogens is 466 g/mol. The molecule has 0 bridgehead atoms. The zero-order valence-electron chi connectivity index (χ0n) is 14.6. The van der Waals surface area contributed by atoms with Crippen LogP contribution in [0.5, 0.6) is 0 Å². The molecule has 0 radical (unpaired) electrons. The van der Waals surface area contributed by atoms with Crippen molar-refractivity contribution in [2.24, 2.45) is 5.92 Å². The Morgan fingerprint density at radius 2 is 2.19 bits per heavy atom. The molecule has 138 valence electrons. The summed E-state index contributed by atoms with van der Waals surface area (Å²) in [6.45, 7) is 3.87. The first-order valence-corrected chi connectivity index (χ1v) is 10.1. The van der Waals surface area contributed by atoms with Gasteiger partial charge < -0.3 is 5.32 Å². The van der Waals surface area contributed by atoms with Crippen molar-refractivity contribution in [1.29, 1.82) is 0 Å². The van der Waals surface area contributed by atoms with E-state index >= 15 is 0 Å². The second kappa shape index (κ2) is 8.67. The minimum absolute atomic E-state index is 0.0265. The van der Waals surface area contributed by atoms with Crippen molar-refractivity contribution < 1.29 is 9.18 Å². The largest absolute Gasteiger partial charge is 0.326 e. The molecule has 1 fully saturated rings. The molecule has 1 saturated heterocycles. The van der Waals surface area contributed by atoms with E-state index in [2.05, 4.69) is 32.8 Å². The van der Waals surface area contributed by atoms with Crippen LogP contribution in [0.25, 0.3) is 0 Å². The average Bonchev–Trinajstić information content (AvgIpc) is 2.61. The molecule has 0 spiro atoms. The molecule has 1 N–H and O–H groups in total. The van der Waals surface area contributed by atoms with E-state index in [9.17, 15) is 9.18 Å². The van der Waals surface area contributed by atoms with Gasteiger partial charge in [0, 0.05) is 32.9 Å². The fraction of sp³-hybridized carbons (Fsp3) is 0.350. The summed E-state index contributed by atoms with van der Waals surface area (Å²) in [7, 11) is 0. The number of anilines is 1. The summed E-state index contributed by atoms with van der Waals surface area (Å²) in [4.78, 5) is 14.8. The number of rotatable bonds is 4. The number of amides is 1. The lowest BCUT2D eigenvalue weighted by atomic mass is 9.96. The topological polar surface area (TPSA) is 32.3 Å². The molecule has 1 heterocycles. The van der Waals surface area contributed by atoms with Gasteiger partial charge in [0.1, 0.15) is 5.82 Å². The van der Waals surface area contributed by atoms with Gasteiger partial charge in [-0.15, -0.1) is 0 Å². The molecule has 0 aliphatic carbocycles. The summed E-state index contributed by atoms with van der Waals surface area (Å²) in [5, 5.41) is 3.48. The van der Waals surface area contributed by atoms with Crippen LogP contribution in [0, 0.1) is 22.2 Å². The Morgan fingerprint density at radius 1 is 1.38 bits per heavy atom. The number of hydrogen-bond acceptors (Lipinski definition) is 2. The number of piperidine rings is 1. The maximum absolute atomic E-state index is 14.0. The second-order valence-corrected chi connectivity index (χ2v) is 8.38. The molecule has 1 aliphatic heterocycles. The van der Waals surface area contributed by atoms with E-state index in [1.54, 1.807) is 12.1 Å². The minimum Gasteiger partial charge on any atom is -0.326 e. The van der Waals surface area contributed by atoms with E-state index in [4.69, 9.17) is 11.6 Å². The number of halogens is 3. The summed E-state index contributed by atoms with van der Waals surface area (Å²) in [6, 6.07) is 10.7. The minimum atomic E-state index is -0.293. The Hall–Kier alpha value is -1.18. The normalized spacial score (nSPS) is 17.9. The fourth-order valence-corrected chi connectivity index (χ4v) is 4.19. The van der Waals surface area contributed by atoms with Crippen molar-refractivity contribution in [2.45, 2.75) is 26.3 Å². The lowest BCUT2D eigenvalue weighted by Crippen LogP contribution is -2.40. The highest BCUT2D eigenvalue weighted by molar-refractivity contribution is 14.1. The molecule has 2 aromatic rings. The smallest absolute Gasteiger partial charge is 0.228 e. The Balaban J connectivity index is 1.65. The number of carbonyl (C=O) groups excluding carboxylic acids is 1. The van der Waals surface area contributed by atoms with Crippen LogP contribution in [0.1, 0.15) is 24.0 Å². The fourth-order valence-electron chi connectivity index (χ4n) is 3.32. The number of likely N-dealkylation sites (tertiary alicyclic amines) is 1. The van der Waals surface area contributed by atoms with E-state index < -0.39 is 0 Å². The molecule has 1 amide bonds. The number of nitrogens with zero attached hydrogens (tertiary/aromatic N) is 1. The molecular formula is C20H21ClFIN2O. The van der Waals surface area contributed by atoms with Gasteiger partial charge in [-0.25, -0.2) is 4.39 Å². The van der Waals surface area contributed by atoms with Crippen LogP contribution in [-0.4, -0.2) is 23.9 Å². The van der Waals surface area contributed by atoms with Gasteiger partial charge in [0.05, 0.1) is 5.92 Å². The van der Waals surface area contributed by atoms with Crippen LogP contribution in [0.4, 0.5) is 10.1 Å². The van der Waals surface area contributed by atoms with Gasteiger partial charge >= 0.3 is 0 Å². The molecule has 26 heavy (non-hydrogen) atoms. The van der Waals surface area contributed by atoms with E-state index in [1.165, 1.54) is 6.07 Å². The second-order valence-electron chi connectivity index (χ2n) is 6.72. The summed E-state index contributed by atoms with van der Waals surface area (Å²) in [5.74, 6) is -0.370. The van der Waals surface area contributed by atoms with Crippen LogP contribution in [0.15, 0.2) is 36.4 Å². The lowest BCUT2D eigenvalue weighted by Gasteiger charge is -2.32. The van der Waals surface area contributed by atoms with E-state index in [0.29, 0.717) is 23.7 Å². The molecule has 3 rings (SSSR count). The molecule has 6 heteroatoms. The SMILES string of the molecule is Cc1cc(I)ccc1NC(=O)C1CCCN(Cc2c(F)cccc2Cl)C1. The Bertz CT molecular complexity index is 794. The van der Waals surface area contributed by atoms with Crippen LogP contribution >= 0.6 is 34.2 Å². The number of aryl methyl sites for hydroxylation is 1. The van der Waals surface area contributed by atoms with Crippen molar-refractivity contribution in [3.05, 3.63) is 61.9 Å². The van der Waals surface area contributed by atoms with E-state index in [0.717, 1.165) is 34.2 Å². The molecule has 0 aromatic heterocycles. The zero-order valence-corrected chi connectivity index (χ0v) is 17.5. The van der Waals surface area contributed by atoms with Gasteiger partial charge in [-0.1, -0.05) is 17.7 Å². The van der Waals surface area contributed by atoms with Crippen molar-refractivity contribution in [2.75, 3.05) is 18.4 Å². The maximum atomic E-state index is 14.0. The van der Waals surface area contributed by atoms with Crippen molar-refractivity contribution in [1.82, 2.24) is 4.90 Å². The Kier molecular flexibility index (Phi) is 6.53. The molecule has 2 aromatic carbocycles. The third kappa shape index (κ3) is 4.75. The van der Waals surface area contributed by atoms with Crippen LogP contribution < -0.4 is 5.32 Å². The van der Waals surface area contributed by atoms with Crippen molar-refractivity contribution in [3.63, 3.8) is 0 Å². The highest BCUT2D eigenvalue weighted by Crippen LogP contribution is 2.25. The van der Waals surface area contributed by atoms with Crippen LogP contribution in [0.3, 0.4) is 0 Å². The third-order valence-corrected chi connectivity index (χ3v) is 5.79. The predicted octanol–water partition coefficient (Wildman–Crippen LogP) is 5.24. The van der Waals surface area contributed by atoms with Gasteiger partial charge in [0.2, 0.25) is 5.91 Å². The first-order chi connectivity index (χ1) is 12.4. The molecule has 3 nitrogen and oxygen atoms in total. The number of hydrogen-bond donors (Lipinski definition) is 1.